The van der Waals surface area contributed by atoms with E-state index < -0.39 is 0 Å². The van der Waals surface area contributed by atoms with Gasteiger partial charge in [-0.1, -0.05) is 36.4 Å². The molecule has 0 aliphatic rings. The molecular weight excluding hydrogens is 342 g/mol. The van der Waals surface area contributed by atoms with Gasteiger partial charge in [-0.25, -0.2) is 4.98 Å². The highest BCUT2D eigenvalue weighted by Gasteiger charge is 2.07. The van der Waals surface area contributed by atoms with Gasteiger partial charge in [0.25, 0.3) is 0 Å². The molecule has 4 rings (SSSR count). The van der Waals surface area contributed by atoms with Crippen LogP contribution in [0.3, 0.4) is 0 Å². The Hall–Kier alpha value is -2.79. The summed E-state index contributed by atoms with van der Waals surface area (Å²) in [6.45, 7) is 0.619. The zero-order chi connectivity index (χ0) is 17.8. The minimum absolute atomic E-state index is 0.0671. The Bertz CT molecular complexity index is 1020. The first-order chi connectivity index (χ1) is 12.8. The summed E-state index contributed by atoms with van der Waals surface area (Å²) in [7, 11) is 0. The van der Waals surface area contributed by atoms with Crippen molar-refractivity contribution in [3.63, 3.8) is 0 Å². The van der Waals surface area contributed by atoms with Gasteiger partial charge in [-0.15, -0.1) is 11.3 Å². The monoisotopic (exact) mass is 361 g/mol. The SMILES string of the molecule is O=C(CCc1nc2ccccc2s1)NCCc1cccc2cccnc12. The number of hydrogen-bond donors (Lipinski definition) is 1. The van der Waals surface area contributed by atoms with Crippen LogP contribution in [0.1, 0.15) is 17.0 Å². The van der Waals surface area contributed by atoms with E-state index >= 15 is 0 Å². The maximum absolute atomic E-state index is 12.1. The molecule has 0 spiro atoms. The minimum Gasteiger partial charge on any atom is -0.356 e. The number of fused-ring (bicyclic) bond motifs is 2. The third kappa shape index (κ3) is 3.73. The smallest absolute Gasteiger partial charge is 0.220 e. The van der Waals surface area contributed by atoms with Gasteiger partial charge in [-0.2, -0.15) is 0 Å². The number of rotatable bonds is 6. The third-order valence-corrected chi connectivity index (χ3v) is 5.43. The van der Waals surface area contributed by atoms with Crippen LogP contribution in [0.5, 0.6) is 0 Å². The highest BCUT2D eigenvalue weighted by molar-refractivity contribution is 7.18. The highest BCUT2D eigenvalue weighted by Crippen LogP contribution is 2.22. The number of aromatic nitrogens is 2. The molecule has 0 unspecified atom stereocenters. The lowest BCUT2D eigenvalue weighted by Gasteiger charge is -2.07. The Labute approximate surface area is 155 Å². The van der Waals surface area contributed by atoms with Crippen molar-refractivity contribution in [2.24, 2.45) is 0 Å². The van der Waals surface area contributed by atoms with E-state index in [1.807, 2.05) is 36.5 Å². The van der Waals surface area contributed by atoms with Crippen LogP contribution in [0, 0.1) is 0 Å². The van der Waals surface area contributed by atoms with Crippen molar-refractivity contribution in [1.82, 2.24) is 15.3 Å². The number of thiazole rings is 1. The minimum atomic E-state index is 0.0671. The van der Waals surface area contributed by atoms with Crippen LogP contribution in [0.4, 0.5) is 0 Å². The standard InChI is InChI=1S/C21H19N3OS/c25-19(10-11-20-24-17-8-1-2-9-18(17)26-20)22-14-12-16-6-3-5-15-7-4-13-23-21(15)16/h1-9,13H,10-12,14H2,(H,22,25). The van der Waals surface area contributed by atoms with Gasteiger partial charge < -0.3 is 5.32 Å². The molecule has 1 N–H and O–H groups in total. The zero-order valence-electron chi connectivity index (χ0n) is 14.3. The first kappa shape index (κ1) is 16.7. The molecule has 130 valence electrons. The largest absolute Gasteiger partial charge is 0.356 e. The lowest BCUT2D eigenvalue weighted by atomic mass is 10.1. The van der Waals surface area contributed by atoms with Crippen LogP contribution in [0.2, 0.25) is 0 Å². The zero-order valence-corrected chi connectivity index (χ0v) is 15.1. The van der Waals surface area contributed by atoms with Crippen LogP contribution in [-0.4, -0.2) is 22.4 Å². The molecule has 0 fully saturated rings. The maximum atomic E-state index is 12.1. The number of aryl methyl sites for hydroxylation is 1. The van der Waals surface area contributed by atoms with E-state index in [0.29, 0.717) is 19.4 Å². The quantitative estimate of drug-likeness (QED) is 0.562. The fourth-order valence-corrected chi connectivity index (χ4v) is 4.01. The number of para-hydroxylation sites is 2. The number of nitrogens with one attached hydrogen (secondary N) is 1. The second-order valence-electron chi connectivity index (χ2n) is 6.17. The summed E-state index contributed by atoms with van der Waals surface area (Å²) in [5.41, 5.74) is 3.18. The van der Waals surface area contributed by atoms with E-state index in [2.05, 4.69) is 39.6 Å². The molecule has 0 saturated heterocycles. The first-order valence-corrected chi connectivity index (χ1v) is 9.55. The fourth-order valence-electron chi connectivity index (χ4n) is 3.04. The molecule has 0 atom stereocenters. The molecule has 0 aliphatic heterocycles. The number of carbonyl (C=O) groups excluding carboxylic acids is 1. The molecule has 2 heterocycles. The van der Waals surface area contributed by atoms with Crippen LogP contribution in [-0.2, 0) is 17.6 Å². The van der Waals surface area contributed by atoms with Gasteiger partial charge in [0.2, 0.25) is 5.91 Å². The predicted molar refractivity (Wildman–Crippen MR) is 106 cm³/mol. The Kier molecular flexibility index (Phi) is 4.88. The topological polar surface area (TPSA) is 54.9 Å². The summed E-state index contributed by atoms with van der Waals surface area (Å²) in [5.74, 6) is 0.0671. The fraction of sp³-hybridized carbons (Fsp3) is 0.190. The lowest BCUT2D eigenvalue weighted by molar-refractivity contribution is -0.121. The molecule has 4 aromatic rings. The van der Waals surface area contributed by atoms with Crippen molar-refractivity contribution in [2.75, 3.05) is 6.54 Å². The molecule has 0 saturated carbocycles. The van der Waals surface area contributed by atoms with Crippen molar-refractivity contribution in [3.8, 4) is 0 Å². The van der Waals surface area contributed by atoms with Gasteiger partial charge in [0.05, 0.1) is 20.7 Å². The van der Waals surface area contributed by atoms with Gasteiger partial charge in [-0.05, 0) is 30.2 Å². The number of pyridine rings is 1. The normalized spacial score (nSPS) is 11.1. The summed E-state index contributed by atoms with van der Waals surface area (Å²) < 4.78 is 1.17. The van der Waals surface area contributed by atoms with Gasteiger partial charge in [0.15, 0.2) is 0 Å². The van der Waals surface area contributed by atoms with Crippen LogP contribution >= 0.6 is 11.3 Å². The van der Waals surface area contributed by atoms with Crippen LogP contribution in [0.15, 0.2) is 60.8 Å². The second-order valence-corrected chi connectivity index (χ2v) is 7.28. The molecular formula is C21H19N3OS. The van der Waals surface area contributed by atoms with E-state index in [4.69, 9.17) is 0 Å². The molecule has 4 nitrogen and oxygen atoms in total. The van der Waals surface area contributed by atoms with Gasteiger partial charge in [0, 0.05) is 31.0 Å². The summed E-state index contributed by atoms with van der Waals surface area (Å²) >= 11 is 1.66. The average Bonchev–Trinajstić information content (AvgIpc) is 3.10. The van der Waals surface area contributed by atoms with E-state index in [1.54, 1.807) is 11.3 Å². The van der Waals surface area contributed by atoms with Crippen molar-refractivity contribution >= 4 is 38.4 Å². The summed E-state index contributed by atoms with van der Waals surface area (Å²) in [6.07, 6.45) is 3.73. The molecule has 26 heavy (non-hydrogen) atoms. The predicted octanol–water partition coefficient (Wildman–Crippen LogP) is 4.14. The third-order valence-electron chi connectivity index (χ3n) is 4.34. The molecule has 1 amide bonds. The Balaban J connectivity index is 1.30. The highest BCUT2D eigenvalue weighted by atomic mass is 32.1. The molecule has 0 bridgehead atoms. The van der Waals surface area contributed by atoms with E-state index in [-0.39, 0.29) is 5.91 Å². The summed E-state index contributed by atoms with van der Waals surface area (Å²) in [5, 5.41) is 5.16. The average molecular weight is 361 g/mol. The molecule has 0 aliphatic carbocycles. The summed E-state index contributed by atoms with van der Waals surface area (Å²) in [6, 6.07) is 18.2. The van der Waals surface area contributed by atoms with Gasteiger partial charge >= 0.3 is 0 Å². The second kappa shape index (κ2) is 7.62. The molecule has 2 aromatic carbocycles. The molecule has 0 radical (unpaired) electrons. The number of amides is 1. The van der Waals surface area contributed by atoms with E-state index in [9.17, 15) is 4.79 Å². The first-order valence-electron chi connectivity index (χ1n) is 8.73. The number of nitrogens with zero attached hydrogens (tertiary/aromatic N) is 2. The van der Waals surface area contributed by atoms with Crippen molar-refractivity contribution in [1.29, 1.82) is 0 Å². The van der Waals surface area contributed by atoms with Gasteiger partial charge in [-0.3, -0.25) is 9.78 Å². The molecule has 2 aromatic heterocycles. The lowest BCUT2D eigenvalue weighted by Crippen LogP contribution is -2.25. The number of hydrogen-bond acceptors (Lipinski definition) is 4. The van der Waals surface area contributed by atoms with Crippen LogP contribution in [0.25, 0.3) is 21.1 Å². The van der Waals surface area contributed by atoms with Gasteiger partial charge in [0.1, 0.15) is 0 Å². The number of carbonyl (C=O) groups is 1. The Morgan fingerprint density at radius 2 is 1.88 bits per heavy atom. The Morgan fingerprint density at radius 3 is 2.81 bits per heavy atom. The maximum Gasteiger partial charge on any atom is 0.220 e. The van der Waals surface area contributed by atoms with Crippen molar-refractivity contribution < 1.29 is 4.79 Å². The van der Waals surface area contributed by atoms with Crippen LogP contribution < -0.4 is 5.32 Å². The van der Waals surface area contributed by atoms with Crippen molar-refractivity contribution in [2.45, 2.75) is 19.3 Å². The van der Waals surface area contributed by atoms with Crippen molar-refractivity contribution in [3.05, 3.63) is 71.4 Å². The van der Waals surface area contributed by atoms with E-state index in [0.717, 1.165) is 33.4 Å². The number of benzene rings is 2. The Morgan fingerprint density at radius 1 is 1.00 bits per heavy atom. The summed E-state index contributed by atoms with van der Waals surface area (Å²) in [4.78, 5) is 21.2. The van der Waals surface area contributed by atoms with E-state index in [1.165, 1.54) is 4.70 Å². The molecule has 5 heteroatoms.